The maximum atomic E-state index is 13.4. The molecule has 4 aromatic heterocycles. The van der Waals surface area contributed by atoms with Crippen molar-refractivity contribution in [2.24, 2.45) is 0 Å². The molecular formula is C29H23N7O2S. The Labute approximate surface area is 227 Å². The molecule has 0 spiro atoms. The highest BCUT2D eigenvalue weighted by Gasteiger charge is 2.18. The van der Waals surface area contributed by atoms with Crippen molar-refractivity contribution in [2.75, 3.05) is 10.6 Å². The molecule has 0 bridgehead atoms. The predicted molar refractivity (Wildman–Crippen MR) is 153 cm³/mol. The van der Waals surface area contributed by atoms with Crippen molar-refractivity contribution in [2.45, 2.75) is 13.5 Å². The molecule has 0 radical (unpaired) electrons. The van der Waals surface area contributed by atoms with Gasteiger partial charge in [0, 0.05) is 33.5 Å². The predicted octanol–water partition coefficient (Wildman–Crippen LogP) is 5.57. The van der Waals surface area contributed by atoms with Crippen LogP contribution in [0.5, 0.6) is 0 Å². The van der Waals surface area contributed by atoms with Gasteiger partial charge >= 0.3 is 0 Å². The first kappa shape index (κ1) is 24.3. The van der Waals surface area contributed by atoms with Crippen LogP contribution in [0.2, 0.25) is 0 Å². The van der Waals surface area contributed by atoms with Gasteiger partial charge in [0.1, 0.15) is 0 Å². The molecular weight excluding hydrogens is 510 g/mol. The number of fused-ring (bicyclic) bond motifs is 2. The highest BCUT2D eigenvalue weighted by molar-refractivity contribution is 7.17. The molecule has 6 rings (SSSR count). The van der Waals surface area contributed by atoms with Gasteiger partial charge in [-0.05, 0) is 42.8 Å². The van der Waals surface area contributed by atoms with Gasteiger partial charge in [-0.3, -0.25) is 14.0 Å². The van der Waals surface area contributed by atoms with Gasteiger partial charge in [0.2, 0.25) is 0 Å². The number of hydrogen-bond donors (Lipinski definition) is 3. The summed E-state index contributed by atoms with van der Waals surface area (Å²) >= 11 is 1.51. The zero-order chi connectivity index (χ0) is 26.8. The second kappa shape index (κ2) is 10.3. The lowest BCUT2D eigenvalue weighted by molar-refractivity contribution is 0.0948. The van der Waals surface area contributed by atoms with Gasteiger partial charge in [-0.25, -0.2) is 4.98 Å². The molecule has 0 saturated carbocycles. The number of nitrogens with zero attached hydrogens (tertiary/aromatic N) is 4. The van der Waals surface area contributed by atoms with E-state index in [1.807, 2.05) is 89.6 Å². The van der Waals surface area contributed by atoms with Gasteiger partial charge in [0.15, 0.2) is 17.3 Å². The quantitative estimate of drug-likeness (QED) is 0.247. The topological polar surface area (TPSA) is 113 Å². The average Bonchev–Trinajstić information content (AvgIpc) is 3.58. The Morgan fingerprint density at radius 2 is 1.74 bits per heavy atom. The SMILES string of the molecule is Cc1ccccc1Nc1ncc(C(=O)NCc2nnc3ccccn23)cc1NC(=O)c1csc2ccccc12. The summed E-state index contributed by atoms with van der Waals surface area (Å²) in [6, 6.07) is 22.7. The van der Waals surface area contributed by atoms with Gasteiger partial charge in [-0.15, -0.1) is 21.5 Å². The summed E-state index contributed by atoms with van der Waals surface area (Å²) in [5, 5.41) is 20.1. The molecule has 0 unspecified atom stereocenters. The van der Waals surface area contributed by atoms with E-state index in [2.05, 4.69) is 31.1 Å². The monoisotopic (exact) mass is 533 g/mol. The van der Waals surface area contributed by atoms with Gasteiger partial charge in [0.25, 0.3) is 11.8 Å². The largest absolute Gasteiger partial charge is 0.345 e. The summed E-state index contributed by atoms with van der Waals surface area (Å²) in [7, 11) is 0. The minimum Gasteiger partial charge on any atom is -0.345 e. The molecule has 2 aromatic carbocycles. The number of benzene rings is 2. The highest BCUT2D eigenvalue weighted by atomic mass is 32.1. The van der Waals surface area contributed by atoms with E-state index in [1.165, 1.54) is 17.5 Å². The molecule has 0 atom stereocenters. The Hall–Kier alpha value is -5.09. The van der Waals surface area contributed by atoms with Gasteiger partial charge in [0.05, 0.1) is 23.4 Å². The van der Waals surface area contributed by atoms with Crippen LogP contribution < -0.4 is 16.0 Å². The lowest BCUT2D eigenvalue weighted by Gasteiger charge is -2.15. The van der Waals surface area contributed by atoms with E-state index in [0.717, 1.165) is 21.3 Å². The first-order chi connectivity index (χ1) is 19.1. The molecule has 0 aliphatic rings. The molecule has 3 N–H and O–H groups in total. The number of carbonyl (C=O) groups excluding carboxylic acids is 2. The minimum atomic E-state index is -0.353. The zero-order valence-electron chi connectivity index (χ0n) is 20.9. The van der Waals surface area contributed by atoms with Crippen molar-refractivity contribution >= 4 is 56.1 Å². The third-order valence-corrected chi connectivity index (χ3v) is 7.28. The van der Waals surface area contributed by atoms with Crippen LogP contribution in [0, 0.1) is 6.92 Å². The number of thiophene rings is 1. The number of para-hydroxylation sites is 1. The first-order valence-electron chi connectivity index (χ1n) is 12.2. The van der Waals surface area contributed by atoms with E-state index in [1.54, 1.807) is 6.07 Å². The fraction of sp³-hybridized carbons (Fsp3) is 0.0690. The van der Waals surface area contributed by atoms with Crippen LogP contribution in [0.4, 0.5) is 17.2 Å². The summed E-state index contributed by atoms with van der Waals surface area (Å²) in [6.07, 6.45) is 3.32. The van der Waals surface area contributed by atoms with Crippen LogP contribution >= 0.6 is 11.3 Å². The molecule has 0 aliphatic carbocycles. The van der Waals surface area contributed by atoms with Gasteiger partial charge in [-0.2, -0.15) is 0 Å². The van der Waals surface area contributed by atoms with E-state index < -0.39 is 0 Å². The maximum Gasteiger partial charge on any atom is 0.257 e. The molecule has 9 nitrogen and oxygen atoms in total. The summed E-state index contributed by atoms with van der Waals surface area (Å²) in [5.74, 6) is 0.392. The normalized spacial score (nSPS) is 11.0. The fourth-order valence-corrected chi connectivity index (χ4v) is 5.18. The average molecular weight is 534 g/mol. The lowest BCUT2D eigenvalue weighted by atomic mass is 10.1. The van der Waals surface area contributed by atoms with Crippen LogP contribution in [0.3, 0.4) is 0 Å². The molecule has 0 fully saturated rings. The number of anilines is 3. The van der Waals surface area contributed by atoms with Gasteiger partial charge < -0.3 is 16.0 Å². The van der Waals surface area contributed by atoms with E-state index in [4.69, 9.17) is 0 Å². The number of amides is 2. The van der Waals surface area contributed by atoms with Crippen LogP contribution in [0.25, 0.3) is 15.7 Å². The third-order valence-electron chi connectivity index (χ3n) is 6.31. The smallest absolute Gasteiger partial charge is 0.257 e. The first-order valence-corrected chi connectivity index (χ1v) is 13.1. The molecule has 39 heavy (non-hydrogen) atoms. The van der Waals surface area contributed by atoms with E-state index in [-0.39, 0.29) is 18.4 Å². The Balaban J connectivity index is 1.29. The van der Waals surface area contributed by atoms with Crippen molar-refractivity contribution in [3.63, 3.8) is 0 Å². The maximum absolute atomic E-state index is 13.4. The number of rotatable bonds is 7. The summed E-state index contributed by atoms with van der Waals surface area (Å²) in [6.45, 7) is 2.16. The molecule has 0 aliphatic heterocycles. The number of hydrogen-bond acceptors (Lipinski definition) is 7. The number of aryl methyl sites for hydroxylation is 1. The number of nitrogens with one attached hydrogen (secondary N) is 3. The lowest BCUT2D eigenvalue weighted by Crippen LogP contribution is -2.24. The van der Waals surface area contributed by atoms with Crippen molar-refractivity contribution in [1.29, 1.82) is 0 Å². The molecule has 4 heterocycles. The molecule has 2 amide bonds. The van der Waals surface area contributed by atoms with Crippen LogP contribution in [0.15, 0.2) is 90.6 Å². The Morgan fingerprint density at radius 1 is 0.923 bits per heavy atom. The summed E-state index contributed by atoms with van der Waals surface area (Å²) in [5.41, 5.74) is 3.80. The van der Waals surface area contributed by atoms with E-state index in [0.29, 0.717) is 34.1 Å². The van der Waals surface area contributed by atoms with Gasteiger partial charge in [-0.1, -0.05) is 42.5 Å². The van der Waals surface area contributed by atoms with Crippen molar-refractivity contribution in [3.8, 4) is 0 Å². The van der Waals surface area contributed by atoms with Crippen molar-refractivity contribution in [3.05, 3.63) is 113 Å². The molecule has 0 saturated heterocycles. The van der Waals surface area contributed by atoms with Crippen LogP contribution in [0.1, 0.15) is 32.1 Å². The van der Waals surface area contributed by atoms with E-state index in [9.17, 15) is 9.59 Å². The minimum absolute atomic E-state index is 0.176. The molecule has 192 valence electrons. The van der Waals surface area contributed by atoms with E-state index >= 15 is 0 Å². The second-order valence-electron chi connectivity index (χ2n) is 8.89. The van der Waals surface area contributed by atoms with Crippen LogP contribution in [-0.4, -0.2) is 31.4 Å². The summed E-state index contributed by atoms with van der Waals surface area (Å²) < 4.78 is 2.83. The van der Waals surface area contributed by atoms with Crippen LogP contribution in [-0.2, 0) is 6.54 Å². The Kier molecular flexibility index (Phi) is 6.44. The number of carbonyl (C=O) groups is 2. The second-order valence-corrected chi connectivity index (χ2v) is 9.80. The van der Waals surface area contributed by atoms with Crippen molar-refractivity contribution in [1.82, 2.24) is 24.9 Å². The Morgan fingerprint density at radius 3 is 2.64 bits per heavy atom. The Bertz CT molecular complexity index is 1840. The molecule has 6 aromatic rings. The standard InChI is InChI=1S/C29H23N7O2S/c1-18-8-2-4-10-22(18)32-27-23(33-29(38)21-17-39-24-11-5-3-9-20(21)24)14-19(15-30-27)28(37)31-16-26-35-34-25-12-6-7-13-36(25)26/h2-15,17H,16H2,1H3,(H,30,32)(H,31,37)(H,33,38). The zero-order valence-corrected chi connectivity index (χ0v) is 21.7. The number of pyridine rings is 2. The molecule has 10 heteroatoms. The van der Waals surface area contributed by atoms with Crippen molar-refractivity contribution < 1.29 is 9.59 Å². The number of aromatic nitrogens is 4. The fourth-order valence-electron chi connectivity index (χ4n) is 4.24. The highest BCUT2D eigenvalue weighted by Crippen LogP contribution is 2.29. The summed E-state index contributed by atoms with van der Waals surface area (Å²) in [4.78, 5) is 31.0. The third kappa shape index (κ3) is 4.92.